The molecule has 0 saturated heterocycles. The monoisotopic (exact) mass is 192 g/mol. The lowest BCUT2D eigenvalue weighted by atomic mass is 10.00. The molecular formula is C10H12N2O2. The van der Waals surface area contributed by atoms with Gasteiger partial charge >= 0.3 is 0 Å². The summed E-state index contributed by atoms with van der Waals surface area (Å²) in [6, 6.07) is 4.92. The van der Waals surface area contributed by atoms with Crippen LogP contribution in [0, 0.1) is 17.0 Å². The fraction of sp³-hybridized carbons (Fsp3) is 0.200. The quantitative estimate of drug-likeness (QED) is 0.587. The number of hydrogen-bond donors (Lipinski definition) is 1. The van der Waals surface area contributed by atoms with Crippen LogP contribution in [-0.4, -0.2) is 11.5 Å². The largest absolute Gasteiger partial charge is 0.326 e. The van der Waals surface area contributed by atoms with E-state index in [2.05, 4.69) is 6.58 Å². The number of rotatable bonds is 3. The first-order valence-electron chi connectivity index (χ1n) is 4.20. The lowest BCUT2D eigenvalue weighted by Crippen LogP contribution is -2.05. The predicted molar refractivity (Wildman–Crippen MR) is 55.9 cm³/mol. The van der Waals surface area contributed by atoms with Crippen LogP contribution in [-0.2, 0) is 0 Å². The van der Waals surface area contributed by atoms with E-state index in [0.717, 1.165) is 5.56 Å². The van der Waals surface area contributed by atoms with Crippen LogP contribution in [0.1, 0.15) is 11.1 Å². The minimum Gasteiger partial charge on any atom is -0.326 e. The molecule has 0 bridgehead atoms. The third-order valence-electron chi connectivity index (χ3n) is 2.05. The molecule has 0 saturated carbocycles. The van der Waals surface area contributed by atoms with Gasteiger partial charge in [-0.1, -0.05) is 18.7 Å². The number of benzene rings is 1. The van der Waals surface area contributed by atoms with Crippen LogP contribution in [0.5, 0.6) is 0 Å². The number of aryl methyl sites for hydroxylation is 1. The molecular weight excluding hydrogens is 180 g/mol. The van der Waals surface area contributed by atoms with E-state index in [1.807, 2.05) is 13.0 Å². The maximum absolute atomic E-state index is 10.7. The zero-order chi connectivity index (χ0) is 10.7. The van der Waals surface area contributed by atoms with Crippen molar-refractivity contribution in [2.75, 3.05) is 6.54 Å². The summed E-state index contributed by atoms with van der Waals surface area (Å²) < 4.78 is 0. The molecule has 0 aliphatic carbocycles. The molecule has 0 unspecified atom stereocenters. The van der Waals surface area contributed by atoms with Gasteiger partial charge in [0.1, 0.15) is 0 Å². The summed E-state index contributed by atoms with van der Waals surface area (Å²) in [6.45, 7) is 5.75. The summed E-state index contributed by atoms with van der Waals surface area (Å²) in [7, 11) is 0. The smallest absolute Gasteiger partial charge is 0.277 e. The highest BCUT2D eigenvalue weighted by Crippen LogP contribution is 2.27. The third-order valence-corrected chi connectivity index (χ3v) is 2.05. The van der Waals surface area contributed by atoms with Gasteiger partial charge in [0.2, 0.25) is 0 Å². The fourth-order valence-electron chi connectivity index (χ4n) is 1.37. The van der Waals surface area contributed by atoms with Gasteiger partial charge in [0.15, 0.2) is 0 Å². The predicted octanol–water partition coefficient (Wildman–Crippen LogP) is 1.88. The Morgan fingerprint density at radius 1 is 1.64 bits per heavy atom. The van der Waals surface area contributed by atoms with Gasteiger partial charge in [0.25, 0.3) is 5.69 Å². The molecule has 4 nitrogen and oxygen atoms in total. The minimum atomic E-state index is -0.414. The molecule has 0 radical (unpaired) electrons. The molecule has 0 aromatic heterocycles. The Kier molecular flexibility index (Phi) is 2.99. The molecule has 0 amide bonds. The second-order valence-electron chi connectivity index (χ2n) is 3.03. The van der Waals surface area contributed by atoms with E-state index in [1.165, 1.54) is 6.07 Å². The standard InChI is InChI=1S/C10H12N2O2/c1-7-4-3-5-9(12(13)14)10(7)8(2)6-11/h3-5H,2,6,11H2,1H3. The van der Waals surface area contributed by atoms with Gasteiger partial charge in [-0.2, -0.15) is 0 Å². The normalized spacial score (nSPS) is 9.86. The lowest BCUT2D eigenvalue weighted by molar-refractivity contribution is -0.385. The van der Waals surface area contributed by atoms with Crippen molar-refractivity contribution in [2.45, 2.75) is 6.92 Å². The van der Waals surface area contributed by atoms with Crippen molar-refractivity contribution in [3.63, 3.8) is 0 Å². The Labute approximate surface area is 82.2 Å². The third kappa shape index (κ3) is 1.80. The maximum atomic E-state index is 10.7. The first-order valence-corrected chi connectivity index (χ1v) is 4.20. The first kappa shape index (κ1) is 10.4. The molecule has 74 valence electrons. The van der Waals surface area contributed by atoms with E-state index in [9.17, 15) is 10.1 Å². The molecule has 0 atom stereocenters. The van der Waals surface area contributed by atoms with Gasteiger partial charge < -0.3 is 5.73 Å². The Bertz CT molecular complexity index is 386. The van der Waals surface area contributed by atoms with E-state index < -0.39 is 4.92 Å². The first-order chi connectivity index (χ1) is 6.57. The highest BCUT2D eigenvalue weighted by Gasteiger charge is 2.16. The molecule has 0 fully saturated rings. The van der Waals surface area contributed by atoms with Gasteiger partial charge in [-0.25, -0.2) is 0 Å². The minimum absolute atomic E-state index is 0.0699. The second kappa shape index (κ2) is 4.02. The van der Waals surface area contributed by atoms with Crippen LogP contribution in [0.2, 0.25) is 0 Å². The van der Waals surface area contributed by atoms with Crippen LogP contribution < -0.4 is 5.73 Å². The van der Waals surface area contributed by atoms with Crippen molar-refractivity contribution in [3.05, 3.63) is 46.0 Å². The molecule has 1 aromatic rings. The van der Waals surface area contributed by atoms with Crippen molar-refractivity contribution in [3.8, 4) is 0 Å². The molecule has 0 heterocycles. The molecule has 4 heteroatoms. The lowest BCUT2D eigenvalue weighted by Gasteiger charge is -2.07. The van der Waals surface area contributed by atoms with Crippen LogP contribution in [0.3, 0.4) is 0 Å². The highest BCUT2D eigenvalue weighted by molar-refractivity contribution is 5.74. The molecule has 0 spiro atoms. The Morgan fingerprint density at radius 2 is 2.29 bits per heavy atom. The number of nitrogens with two attached hydrogens (primary N) is 1. The van der Waals surface area contributed by atoms with E-state index in [4.69, 9.17) is 5.73 Å². The molecule has 14 heavy (non-hydrogen) atoms. The van der Waals surface area contributed by atoms with Crippen LogP contribution >= 0.6 is 0 Å². The Hall–Kier alpha value is -1.68. The number of nitrogens with zero attached hydrogens (tertiary/aromatic N) is 1. The summed E-state index contributed by atoms with van der Waals surface area (Å²) in [5.41, 5.74) is 7.47. The van der Waals surface area contributed by atoms with Gasteiger partial charge in [0, 0.05) is 12.6 Å². The van der Waals surface area contributed by atoms with Gasteiger partial charge in [-0.05, 0) is 18.1 Å². The molecule has 2 N–H and O–H groups in total. The van der Waals surface area contributed by atoms with Crippen molar-refractivity contribution in [1.29, 1.82) is 0 Å². The van der Waals surface area contributed by atoms with Crippen LogP contribution in [0.15, 0.2) is 24.8 Å². The van der Waals surface area contributed by atoms with Gasteiger partial charge in [-0.15, -0.1) is 0 Å². The summed E-state index contributed by atoms with van der Waals surface area (Å²) in [6.07, 6.45) is 0. The number of nitro groups is 1. The van der Waals surface area contributed by atoms with Crippen molar-refractivity contribution in [1.82, 2.24) is 0 Å². The van der Waals surface area contributed by atoms with Crippen molar-refractivity contribution in [2.24, 2.45) is 5.73 Å². The molecule has 1 rings (SSSR count). The zero-order valence-electron chi connectivity index (χ0n) is 7.99. The summed E-state index contributed by atoms with van der Waals surface area (Å²) in [4.78, 5) is 10.3. The Balaban J connectivity index is 3.36. The summed E-state index contributed by atoms with van der Waals surface area (Å²) in [5, 5.41) is 10.7. The fourth-order valence-corrected chi connectivity index (χ4v) is 1.37. The van der Waals surface area contributed by atoms with Crippen molar-refractivity contribution < 1.29 is 4.92 Å². The van der Waals surface area contributed by atoms with Gasteiger partial charge in [0.05, 0.1) is 10.5 Å². The summed E-state index contributed by atoms with van der Waals surface area (Å²) in [5.74, 6) is 0. The van der Waals surface area contributed by atoms with E-state index in [-0.39, 0.29) is 12.2 Å². The number of nitro benzene ring substituents is 1. The molecule has 0 aliphatic heterocycles. The SMILES string of the molecule is C=C(CN)c1c(C)cccc1[N+](=O)[O-]. The second-order valence-corrected chi connectivity index (χ2v) is 3.03. The topological polar surface area (TPSA) is 69.2 Å². The van der Waals surface area contributed by atoms with E-state index in [1.54, 1.807) is 6.07 Å². The highest BCUT2D eigenvalue weighted by atomic mass is 16.6. The van der Waals surface area contributed by atoms with E-state index in [0.29, 0.717) is 11.1 Å². The van der Waals surface area contributed by atoms with Crippen molar-refractivity contribution >= 4 is 11.3 Å². The average molecular weight is 192 g/mol. The van der Waals surface area contributed by atoms with E-state index >= 15 is 0 Å². The summed E-state index contributed by atoms with van der Waals surface area (Å²) >= 11 is 0. The average Bonchev–Trinajstić information content (AvgIpc) is 2.16. The van der Waals surface area contributed by atoms with Crippen LogP contribution in [0.4, 0.5) is 5.69 Å². The Morgan fingerprint density at radius 3 is 2.79 bits per heavy atom. The molecule has 0 aliphatic rings. The molecule has 1 aromatic carbocycles. The van der Waals surface area contributed by atoms with Gasteiger partial charge in [-0.3, -0.25) is 10.1 Å². The number of hydrogen-bond acceptors (Lipinski definition) is 3. The maximum Gasteiger partial charge on any atom is 0.277 e. The zero-order valence-corrected chi connectivity index (χ0v) is 7.99. The van der Waals surface area contributed by atoms with Crippen LogP contribution in [0.25, 0.3) is 5.57 Å².